The average molecular weight is 343 g/mol. The molecular weight excluding hydrogens is 328 g/mol. The summed E-state index contributed by atoms with van der Waals surface area (Å²) >= 11 is 3.24. The summed E-state index contributed by atoms with van der Waals surface area (Å²) in [7, 11) is 0. The molecule has 20 heavy (non-hydrogen) atoms. The molecule has 0 radical (unpaired) electrons. The average Bonchev–Trinajstić information content (AvgIpc) is 2.73. The van der Waals surface area contributed by atoms with Gasteiger partial charge in [0.15, 0.2) is 0 Å². The maximum atomic E-state index is 12.3. The minimum Gasteiger partial charge on any atom is -0.478 e. The number of halogens is 1. The van der Waals surface area contributed by atoms with Gasteiger partial charge in [-0.15, -0.1) is 0 Å². The van der Waals surface area contributed by atoms with Crippen LogP contribution in [0.2, 0.25) is 0 Å². The van der Waals surface area contributed by atoms with Gasteiger partial charge in [0.05, 0.1) is 29.9 Å². The molecule has 1 aromatic carbocycles. The number of carboxylic acid groups (broad SMARTS) is 1. The van der Waals surface area contributed by atoms with Crippen LogP contribution in [0.15, 0.2) is 22.7 Å². The van der Waals surface area contributed by atoms with Crippen LogP contribution in [0.3, 0.4) is 0 Å². The van der Waals surface area contributed by atoms with Crippen molar-refractivity contribution in [2.75, 3.05) is 18.5 Å². The van der Waals surface area contributed by atoms with Gasteiger partial charge in [-0.05, 0) is 41.1 Å². The lowest BCUT2D eigenvalue weighted by molar-refractivity contribution is -0.125. The van der Waals surface area contributed by atoms with Crippen LogP contribution in [0, 0.1) is 5.41 Å². The second-order valence-electron chi connectivity index (χ2n) is 4.99. The smallest absolute Gasteiger partial charge is 0.335 e. The second kappa shape index (κ2) is 5.51. The molecule has 0 spiro atoms. The minimum atomic E-state index is -1.03. The van der Waals surface area contributed by atoms with E-state index in [1.807, 2.05) is 0 Å². The molecule has 1 saturated heterocycles. The molecule has 2 atom stereocenters. The van der Waals surface area contributed by atoms with Crippen LogP contribution >= 0.6 is 15.9 Å². The van der Waals surface area contributed by atoms with Gasteiger partial charge in [-0.25, -0.2) is 4.79 Å². The molecule has 0 saturated carbocycles. The molecule has 0 aromatic heterocycles. The SMILES string of the molecule is CC1(C(=O)Nc2ccc(C(=O)O)cc2Br)COCC1N. The highest BCUT2D eigenvalue weighted by molar-refractivity contribution is 9.10. The fraction of sp³-hybridized carbons (Fsp3) is 0.385. The van der Waals surface area contributed by atoms with E-state index < -0.39 is 11.4 Å². The topological polar surface area (TPSA) is 102 Å². The molecule has 1 fully saturated rings. The molecule has 6 nitrogen and oxygen atoms in total. The number of amides is 1. The van der Waals surface area contributed by atoms with Gasteiger partial charge in [-0.3, -0.25) is 4.79 Å². The van der Waals surface area contributed by atoms with E-state index in [1.165, 1.54) is 18.2 Å². The lowest BCUT2D eigenvalue weighted by Gasteiger charge is -2.25. The number of benzene rings is 1. The summed E-state index contributed by atoms with van der Waals surface area (Å²) in [5.74, 6) is -1.27. The Hall–Kier alpha value is -1.44. The van der Waals surface area contributed by atoms with Gasteiger partial charge in [0.2, 0.25) is 5.91 Å². The summed E-state index contributed by atoms with van der Waals surface area (Å²) in [6, 6.07) is 4.04. The van der Waals surface area contributed by atoms with Crippen LogP contribution in [0.25, 0.3) is 0 Å². The molecule has 1 aliphatic heterocycles. The van der Waals surface area contributed by atoms with Crippen molar-refractivity contribution < 1.29 is 19.4 Å². The van der Waals surface area contributed by atoms with Gasteiger partial charge in [0, 0.05) is 10.5 Å². The zero-order valence-electron chi connectivity index (χ0n) is 10.9. The van der Waals surface area contributed by atoms with Crippen molar-refractivity contribution >= 4 is 33.5 Å². The number of carbonyl (C=O) groups excluding carboxylic acids is 1. The van der Waals surface area contributed by atoms with E-state index in [2.05, 4.69) is 21.2 Å². The first-order valence-electron chi connectivity index (χ1n) is 6.02. The lowest BCUT2D eigenvalue weighted by atomic mass is 9.85. The number of ether oxygens (including phenoxy) is 1. The molecule has 0 bridgehead atoms. The quantitative estimate of drug-likeness (QED) is 0.771. The Bertz CT molecular complexity index is 563. The number of hydrogen-bond acceptors (Lipinski definition) is 4. The van der Waals surface area contributed by atoms with E-state index in [0.717, 1.165) is 0 Å². The van der Waals surface area contributed by atoms with Gasteiger partial charge < -0.3 is 20.9 Å². The molecule has 7 heteroatoms. The van der Waals surface area contributed by atoms with Gasteiger partial charge in [0.25, 0.3) is 0 Å². The molecule has 1 aliphatic rings. The van der Waals surface area contributed by atoms with E-state index in [9.17, 15) is 9.59 Å². The first kappa shape index (κ1) is 15.0. The first-order valence-corrected chi connectivity index (χ1v) is 6.81. The van der Waals surface area contributed by atoms with E-state index in [1.54, 1.807) is 6.92 Å². The monoisotopic (exact) mass is 342 g/mol. The molecule has 2 unspecified atom stereocenters. The molecule has 2 rings (SSSR count). The summed E-state index contributed by atoms with van der Waals surface area (Å²) in [5, 5.41) is 11.6. The Labute approximate surface area is 124 Å². The van der Waals surface area contributed by atoms with Crippen LogP contribution in [-0.2, 0) is 9.53 Å². The van der Waals surface area contributed by atoms with Gasteiger partial charge in [-0.1, -0.05) is 0 Å². The van der Waals surface area contributed by atoms with Crippen molar-refractivity contribution in [3.05, 3.63) is 28.2 Å². The predicted octanol–water partition coefficient (Wildman–Crippen LogP) is 1.45. The number of anilines is 1. The number of rotatable bonds is 3. The van der Waals surface area contributed by atoms with E-state index in [4.69, 9.17) is 15.6 Å². The zero-order chi connectivity index (χ0) is 14.9. The molecule has 1 amide bonds. The number of aromatic carboxylic acids is 1. The van der Waals surface area contributed by atoms with Crippen molar-refractivity contribution in [3.8, 4) is 0 Å². The minimum absolute atomic E-state index is 0.141. The van der Waals surface area contributed by atoms with Crippen molar-refractivity contribution in [2.24, 2.45) is 11.1 Å². The lowest BCUT2D eigenvalue weighted by Crippen LogP contribution is -2.47. The van der Waals surface area contributed by atoms with E-state index in [-0.39, 0.29) is 24.1 Å². The molecular formula is C13H15BrN2O4. The molecule has 4 N–H and O–H groups in total. The maximum absolute atomic E-state index is 12.3. The Morgan fingerprint density at radius 1 is 1.55 bits per heavy atom. The summed E-state index contributed by atoms with van der Waals surface area (Å²) in [6.07, 6.45) is 0. The third kappa shape index (κ3) is 2.70. The number of nitrogens with two attached hydrogens (primary N) is 1. The highest BCUT2D eigenvalue weighted by Crippen LogP contribution is 2.31. The Morgan fingerprint density at radius 2 is 2.25 bits per heavy atom. The number of carboxylic acids is 1. The standard InChI is InChI=1S/C13H15BrN2O4/c1-13(6-20-5-10(13)15)12(19)16-9-3-2-7(11(17)18)4-8(9)14/h2-4,10H,5-6,15H2,1H3,(H,16,19)(H,17,18). The van der Waals surface area contributed by atoms with Crippen LogP contribution < -0.4 is 11.1 Å². The van der Waals surface area contributed by atoms with Crippen LogP contribution in [0.4, 0.5) is 5.69 Å². The number of carbonyl (C=O) groups is 2. The fourth-order valence-electron chi connectivity index (χ4n) is 1.94. The predicted molar refractivity (Wildman–Crippen MR) is 76.6 cm³/mol. The van der Waals surface area contributed by atoms with Gasteiger partial charge >= 0.3 is 5.97 Å². The fourth-order valence-corrected chi connectivity index (χ4v) is 2.42. The summed E-state index contributed by atoms with van der Waals surface area (Å²) in [5.41, 5.74) is 5.75. The Balaban J connectivity index is 2.18. The van der Waals surface area contributed by atoms with Crippen LogP contribution in [0.5, 0.6) is 0 Å². The van der Waals surface area contributed by atoms with E-state index >= 15 is 0 Å². The third-order valence-corrected chi connectivity index (χ3v) is 4.16. The summed E-state index contributed by atoms with van der Waals surface area (Å²) in [6.45, 7) is 2.37. The van der Waals surface area contributed by atoms with Crippen LogP contribution in [0.1, 0.15) is 17.3 Å². The molecule has 0 aliphatic carbocycles. The third-order valence-electron chi connectivity index (χ3n) is 3.50. The van der Waals surface area contributed by atoms with Crippen molar-refractivity contribution in [1.82, 2.24) is 0 Å². The highest BCUT2D eigenvalue weighted by Gasteiger charge is 2.44. The second-order valence-corrected chi connectivity index (χ2v) is 5.85. The molecule has 108 valence electrons. The molecule has 1 aromatic rings. The first-order chi connectivity index (χ1) is 9.34. The Morgan fingerprint density at radius 3 is 2.75 bits per heavy atom. The van der Waals surface area contributed by atoms with Crippen molar-refractivity contribution in [1.29, 1.82) is 0 Å². The van der Waals surface area contributed by atoms with Gasteiger partial charge in [0.1, 0.15) is 0 Å². The normalized spacial score (nSPS) is 25.4. The number of hydrogen-bond donors (Lipinski definition) is 3. The highest BCUT2D eigenvalue weighted by atomic mass is 79.9. The Kier molecular flexibility index (Phi) is 4.12. The largest absolute Gasteiger partial charge is 0.478 e. The van der Waals surface area contributed by atoms with Crippen molar-refractivity contribution in [3.63, 3.8) is 0 Å². The summed E-state index contributed by atoms with van der Waals surface area (Å²) < 4.78 is 5.74. The zero-order valence-corrected chi connectivity index (χ0v) is 12.4. The maximum Gasteiger partial charge on any atom is 0.335 e. The van der Waals surface area contributed by atoms with Crippen LogP contribution in [-0.4, -0.2) is 36.2 Å². The number of nitrogens with one attached hydrogen (secondary N) is 1. The molecule has 1 heterocycles. The van der Waals surface area contributed by atoms with E-state index in [0.29, 0.717) is 16.8 Å². The summed E-state index contributed by atoms with van der Waals surface area (Å²) in [4.78, 5) is 23.2. The van der Waals surface area contributed by atoms with Gasteiger partial charge in [-0.2, -0.15) is 0 Å². The van der Waals surface area contributed by atoms with Crippen molar-refractivity contribution in [2.45, 2.75) is 13.0 Å².